The summed E-state index contributed by atoms with van der Waals surface area (Å²) in [6, 6.07) is 6.70. The number of rotatable bonds is 6. The number of benzene rings is 1. The van der Waals surface area contributed by atoms with Gasteiger partial charge in [0.1, 0.15) is 0 Å². The summed E-state index contributed by atoms with van der Waals surface area (Å²) in [5.74, 6) is 0. The fraction of sp³-hybridized carbons (Fsp3) is 0.647. The Hall–Kier alpha value is -0.420. The van der Waals surface area contributed by atoms with Crippen LogP contribution in [0, 0.1) is 0 Å². The molecule has 1 N–H and O–H groups in total. The molecule has 0 bridgehead atoms. The molecule has 0 spiro atoms. The average Bonchev–Trinajstić information content (AvgIpc) is 2.48. The highest BCUT2D eigenvalue weighted by atomic mass is 79.9. The fourth-order valence-corrected chi connectivity index (χ4v) is 3.50. The zero-order chi connectivity index (χ0) is 15.3. The van der Waals surface area contributed by atoms with Crippen LogP contribution in [0.1, 0.15) is 37.8 Å². The number of nitrogens with one attached hydrogen (secondary N) is 1. The van der Waals surface area contributed by atoms with Crippen molar-refractivity contribution < 1.29 is 4.74 Å². The summed E-state index contributed by atoms with van der Waals surface area (Å²) < 4.78 is 6.89. The molecule has 3 nitrogen and oxygen atoms in total. The Morgan fingerprint density at radius 1 is 1.43 bits per heavy atom. The van der Waals surface area contributed by atoms with E-state index in [2.05, 4.69) is 58.2 Å². The van der Waals surface area contributed by atoms with E-state index in [1.165, 1.54) is 22.0 Å². The van der Waals surface area contributed by atoms with Crippen molar-refractivity contribution >= 4 is 15.9 Å². The van der Waals surface area contributed by atoms with Crippen LogP contribution in [0.3, 0.4) is 0 Å². The first-order chi connectivity index (χ1) is 10.1. The van der Waals surface area contributed by atoms with E-state index in [1.54, 1.807) is 0 Å². The van der Waals surface area contributed by atoms with Crippen LogP contribution in [0.2, 0.25) is 0 Å². The summed E-state index contributed by atoms with van der Waals surface area (Å²) in [5.41, 5.74) is 2.69. The SMILES string of the molecule is CCNCc1ccc(CN2CCCC(C)(OC)C2)c(Br)c1. The topological polar surface area (TPSA) is 24.5 Å². The predicted molar refractivity (Wildman–Crippen MR) is 91.4 cm³/mol. The molecule has 4 heteroatoms. The molecule has 2 rings (SSSR count). The number of halogens is 1. The highest BCUT2D eigenvalue weighted by Crippen LogP contribution is 2.27. The zero-order valence-corrected chi connectivity index (χ0v) is 15.0. The molecule has 1 aromatic carbocycles. The summed E-state index contributed by atoms with van der Waals surface area (Å²) in [6.07, 6.45) is 2.36. The molecule has 0 aromatic heterocycles. The van der Waals surface area contributed by atoms with Gasteiger partial charge in [-0.05, 0) is 50.0 Å². The minimum Gasteiger partial charge on any atom is -0.377 e. The Morgan fingerprint density at radius 2 is 2.24 bits per heavy atom. The summed E-state index contributed by atoms with van der Waals surface area (Å²) in [5, 5.41) is 3.36. The minimum absolute atomic E-state index is 0.00964. The molecular formula is C17H27BrN2O. The van der Waals surface area contributed by atoms with Crippen LogP contribution in [0.15, 0.2) is 22.7 Å². The molecule has 0 aliphatic carbocycles. The van der Waals surface area contributed by atoms with Crippen LogP contribution in [0.25, 0.3) is 0 Å². The third-order valence-corrected chi connectivity index (χ3v) is 5.06. The normalized spacial score (nSPS) is 23.4. The van der Waals surface area contributed by atoms with E-state index in [0.29, 0.717) is 0 Å². The van der Waals surface area contributed by atoms with Crippen molar-refractivity contribution in [1.82, 2.24) is 10.2 Å². The van der Waals surface area contributed by atoms with Gasteiger partial charge in [0, 0.05) is 31.2 Å². The Balaban J connectivity index is 1.99. The van der Waals surface area contributed by atoms with Crippen molar-refractivity contribution in [3.63, 3.8) is 0 Å². The van der Waals surface area contributed by atoms with Gasteiger partial charge in [-0.3, -0.25) is 4.90 Å². The monoisotopic (exact) mass is 354 g/mol. The lowest BCUT2D eigenvalue weighted by atomic mass is 9.94. The fourth-order valence-electron chi connectivity index (χ4n) is 2.95. The Bertz CT molecular complexity index is 466. The molecule has 1 aromatic rings. The van der Waals surface area contributed by atoms with Crippen molar-refractivity contribution in [2.45, 2.75) is 45.4 Å². The van der Waals surface area contributed by atoms with Gasteiger partial charge in [-0.2, -0.15) is 0 Å². The first-order valence-electron chi connectivity index (χ1n) is 7.82. The molecule has 21 heavy (non-hydrogen) atoms. The van der Waals surface area contributed by atoms with Gasteiger partial charge in [-0.25, -0.2) is 0 Å². The second kappa shape index (κ2) is 7.73. The summed E-state index contributed by atoms with van der Waals surface area (Å²) >= 11 is 3.73. The molecule has 0 saturated carbocycles. The van der Waals surface area contributed by atoms with Crippen molar-refractivity contribution in [3.05, 3.63) is 33.8 Å². The third-order valence-electron chi connectivity index (χ3n) is 4.32. The minimum atomic E-state index is 0.00964. The summed E-state index contributed by atoms with van der Waals surface area (Å²) in [7, 11) is 1.83. The third kappa shape index (κ3) is 4.78. The molecule has 0 radical (unpaired) electrons. The van der Waals surface area contributed by atoms with E-state index >= 15 is 0 Å². The highest BCUT2D eigenvalue weighted by Gasteiger charge is 2.30. The number of hydrogen-bond donors (Lipinski definition) is 1. The molecule has 1 unspecified atom stereocenters. The van der Waals surface area contributed by atoms with Crippen molar-refractivity contribution in [1.29, 1.82) is 0 Å². The molecule has 1 aliphatic rings. The predicted octanol–water partition coefficient (Wildman–Crippen LogP) is 3.56. The Kier molecular flexibility index (Phi) is 6.23. The van der Waals surface area contributed by atoms with Gasteiger partial charge < -0.3 is 10.1 Å². The standard InChI is InChI=1S/C17H27BrN2O/c1-4-19-11-14-6-7-15(16(18)10-14)12-20-9-5-8-17(2,13-20)21-3/h6-7,10,19H,4-5,8-9,11-13H2,1-3H3. The van der Waals surface area contributed by atoms with E-state index < -0.39 is 0 Å². The molecular weight excluding hydrogens is 328 g/mol. The van der Waals surface area contributed by atoms with E-state index in [1.807, 2.05) is 7.11 Å². The lowest BCUT2D eigenvalue weighted by Gasteiger charge is -2.39. The molecule has 118 valence electrons. The van der Waals surface area contributed by atoms with Crippen molar-refractivity contribution in [2.75, 3.05) is 26.7 Å². The van der Waals surface area contributed by atoms with Crippen LogP contribution >= 0.6 is 15.9 Å². The highest BCUT2D eigenvalue weighted by molar-refractivity contribution is 9.10. The van der Waals surface area contributed by atoms with E-state index in [0.717, 1.165) is 39.1 Å². The number of hydrogen-bond acceptors (Lipinski definition) is 3. The Labute approximate surface area is 137 Å². The van der Waals surface area contributed by atoms with Gasteiger partial charge in [0.05, 0.1) is 5.60 Å². The largest absolute Gasteiger partial charge is 0.377 e. The number of likely N-dealkylation sites (tertiary alicyclic amines) is 1. The lowest BCUT2D eigenvalue weighted by Crippen LogP contribution is -2.46. The van der Waals surface area contributed by atoms with Gasteiger partial charge in [-0.15, -0.1) is 0 Å². The first kappa shape index (κ1) is 16.9. The summed E-state index contributed by atoms with van der Waals surface area (Å²) in [6.45, 7) is 9.44. The number of piperidine rings is 1. The second-order valence-electron chi connectivity index (χ2n) is 6.17. The Morgan fingerprint density at radius 3 is 2.90 bits per heavy atom. The number of ether oxygens (including phenoxy) is 1. The maximum atomic E-state index is 5.68. The second-order valence-corrected chi connectivity index (χ2v) is 7.03. The van der Waals surface area contributed by atoms with Crippen LogP contribution in [0.5, 0.6) is 0 Å². The molecule has 0 amide bonds. The molecule has 1 atom stereocenters. The van der Waals surface area contributed by atoms with Gasteiger partial charge in [-0.1, -0.05) is 35.0 Å². The van der Waals surface area contributed by atoms with Crippen LogP contribution in [-0.2, 0) is 17.8 Å². The van der Waals surface area contributed by atoms with Crippen molar-refractivity contribution in [3.8, 4) is 0 Å². The van der Waals surface area contributed by atoms with E-state index in [9.17, 15) is 0 Å². The average molecular weight is 355 g/mol. The quantitative estimate of drug-likeness (QED) is 0.845. The van der Waals surface area contributed by atoms with Crippen LogP contribution in [-0.4, -0.2) is 37.2 Å². The molecule has 1 aliphatic heterocycles. The molecule has 1 saturated heterocycles. The smallest absolute Gasteiger partial charge is 0.0777 e. The first-order valence-corrected chi connectivity index (χ1v) is 8.61. The van der Waals surface area contributed by atoms with Gasteiger partial charge in [0.25, 0.3) is 0 Å². The van der Waals surface area contributed by atoms with Gasteiger partial charge in [0.2, 0.25) is 0 Å². The summed E-state index contributed by atoms with van der Waals surface area (Å²) in [4.78, 5) is 2.50. The lowest BCUT2D eigenvalue weighted by molar-refractivity contribution is -0.0527. The molecule has 1 fully saturated rings. The van der Waals surface area contributed by atoms with Gasteiger partial charge in [0.15, 0.2) is 0 Å². The maximum Gasteiger partial charge on any atom is 0.0777 e. The van der Waals surface area contributed by atoms with Crippen molar-refractivity contribution in [2.24, 2.45) is 0 Å². The van der Waals surface area contributed by atoms with Crippen LogP contribution in [0.4, 0.5) is 0 Å². The van der Waals surface area contributed by atoms with E-state index in [4.69, 9.17) is 4.74 Å². The zero-order valence-electron chi connectivity index (χ0n) is 13.4. The van der Waals surface area contributed by atoms with E-state index in [-0.39, 0.29) is 5.60 Å². The molecule has 1 heterocycles. The number of methoxy groups -OCH3 is 1. The number of nitrogens with zero attached hydrogens (tertiary/aromatic N) is 1. The van der Waals surface area contributed by atoms with Gasteiger partial charge >= 0.3 is 0 Å². The van der Waals surface area contributed by atoms with Crippen LogP contribution < -0.4 is 5.32 Å². The maximum absolute atomic E-state index is 5.68.